The number of carbonyl (C=O) groups excluding carboxylic acids is 1. The second-order valence-corrected chi connectivity index (χ2v) is 7.71. The van der Waals surface area contributed by atoms with Gasteiger partial charge in [0.15, 0.2) is 0 Å². The number of hydrogen-bond donors (Lipinski definition) is 1. The van der Waals surface area contributed by atoms with Gasteiger partial charge in [-0.1, -0.05) is 6.07 Å². The largest absolute Gasteiger partial charge is 0.480 e. The van der Waals surface area contributed by atoms with Gasteiger partial charge in [0.25, 0.3) is 0 Å². The number of hydrogen-bond acceptors (Lipinski definition) is 4. The van der Waals surface area contributed by atoms with Gasteiger partial charge < -0.3 is 10.0 Å². The number of benzene rings is 1. The van der Waals surface area contributed by atoms with E-state index in [4.69, 9.17) is 0 Å². The summed E-state index contributed by atoms with van der Waals surface area (Å²) in [5, 5.41) is 9.20. The smallest absolute Gasteiger partial charge is 0.322 e. The third-order valence-electron chi connectivity index (χ3n) is 4.43. The average Bonchev–Trinajstić information content (AvgIpc) is 3.13. The van der Waals surface area contributed by atoms with E-state index < -0.39 is 22.0 Å². The highest BCUT2D eigenvalue weighted by Crippen LogP contribution is 2.33. The molecule has 23 heavy (non-hydrogen) atoms. The molecule has 2 aliphatic heterocycles. The van der Waals surface area contributed by atoms with Crippen LogP contribution in [0.2, 0.25) is 0 Å². The Morgan fingerprint density at radius 2 is 2.00 bits per heavy atom. The molecule has 2 aliphatic rings. The quantitative estimate of drug-likeness (QED) is 0.881. The Bertz CT molecular complexity index is 774. The van der Waals surface area contributed by atoms with Crippen molar-refractivity contribution < 1.29 is 23.1 Å². The number of amides is 1. The molecular weight excluding hydrogens is 320 g/mol. The maximum atomic E-state index is 12.8. The lowest BCUT2D eigenvalue weighted by atomic mass is 10.2. The van der Waals surface area contributed by atoms with Gasteiger partial charge in [-0.05, 0) is 37.0 Å². The number of rotatable bonds is 3. The minimum atomic E-state index is -3.89. The molecule has 1 atom stereocenters. The summed E-state index contributed by atoms with van der Waals surface area (Å²) in [6, 6.07) is 3.67. The van der Waals surface area contributed by atoms with Crippen LogP contribution in [0.4, 0.5) is 5.69 Å². The molecule has 7 nitrogen and oxygen atoms in total. The molecule has 0 aromatic heterocycles. The van der Waals surface area contributed by atoms with Gasteiger partial charge >= 0.3 is 5.97 Å². The van der Waals surface area contributed by atoms with Gasteiger partial charge in [-0.3, -0.25) is 9.59 Å². The van der Waals surface area contributed by atoms with Crippen molar-refractivity contribution in [2.24, 2.45) is 0 Å². The molecule has 1 N–H and O–H groups in total. The summed E-state index contributed by atoms with van der Waals surface area (Å²) in [4.78, 5) is 24.5. The van der Waals surface area contributed by atoms with Gasteiger partial charge in [0.05, 0.1) is 4.90 Å². The van der Waals surface area contributed by atoms with Crippen molar-refractivity contribution in [1.82, 2.24) is 4.31 Å². The van der Waals surface area contributed by atoms with Crippen LogP contribution in [0.3, 0.4) is 0 Å². The van der Waals surface area contributed by atoms with E-state index in [1.165, 1.54) is 19.1 Å². The lowest BCUT2D eigenvalue weighted by Gasteiger charge is -2.22. The zero-order chi connectivity index (χ0) is 16.8. The number of nitrogens with zero attached hydrogens (tertiary/aromatic N) is 2. The Morgan fingerprint density at radius 1 is 1.26 bits per heavy atom. The molecule has 124 valence electrons. The summed E-state index contributed by atoms with van der Waals surface area (Å²) >= 11 is 0. The minimum Gasteiger partial charge on any atom is -0.480 e. The van der Waals surface area contributed by atoms with Crippen LogP contribution in [0.5, 0.6) is 0 Å². The third-order valence-corrected chi connectivity index (χ3v) is 6.33. The van der Waals surface area contributed by atoms with Crippen molar-refractivity contribution in [2.45, 2.75) is 37.1 Å². The molecular formula is C15H18N2O5S. The van der Waals surface area contributed by atoms with Gasteiger partial charge in [-0.15, -0.1) is 0 Å². The summed E-state index contributed by atoms with van der Waals surface area (Å²) in [5.41, 5.74) is 1.53. The molecule has 1 amide bonds. The highest BCUT2D eigenvalue weighted by atomic mass is 32.2. The lowest BCUT2D eigenvalue weighted by Crippen LogP contribution is -2.40. The Morgan fingerprint density at radius 3 is 2.65 bits per heavy atom. The summed E-state index contributed by atoms with van der Waals surface area (Å²) in [6.07, 6.45) is 1.54. The molecule has 0 aliphatic carbocycles. The molecule has 0 spiro atoms. The topological polar surface area (TPSA) is 95.0 Å². The predicted molar refractivity (Wildman–Crippen MR) is 82.7 cm³/mol. The Hall–Kier alpha value is -1.93. The van der Waals surface area contributed by atoms with E-state index in [1.807, 2.05) is 0 Å². The molecule has 1 aromatic rings. The second-order valence-electron chi connectivity index (χ2n) is 5.82. The molecule has 1 aromatic carbocycles. The van der Waals surface area contributed by atoms with Crippen molar-refractivity contribution in [3.8, 4) is 0 Å². The molecule has 2 heterocycles. The van der Waals surface area contributed by atoms with Gasteiger partial charge in [0.2, 0.25) is 15.9 Å². The Labute approximate surface area is 134 Å². The first-order valence-electron chi connectivity index (χ1n) is 7.48. The highest BCUT2D eigenvalue weighted by molar-refractivity contribution is 7.89. The molecule has 1 unspecified atom stereocenters. The molecule has 3 rings (SSSR count). The van der Waals surface area contributed by atoms with Crippen molar-refractivity contribution in [3.63, 3.8) is 0 Å². The molecule has 1 fully saturated rings. The van der Waals surface area contributed by atoms with Crippen LogP contribution < -0.4 is 4.90 Å². The highest BCUT2D eigenvalue weighted by Gasteiger charge is 2.40. The third kappa shape index (κ3) is 2.61. The number of anilines is 1. The first-order chi connectivity index (χ1) is 10.8. The van der Waals surface area contributed by atoms with E-state index in [0.29, 0.717) is 31.5 Å². The summed E-state index contributed by atoms with van der Waals surface area (Å²) in [5.74, 6) is -1.26. The summed E-state index contributed by atoms with van der Waals surface area (Å²) in [6.45, 7) is 2.18. The summed E-state index contributed by atoms with van der Waals surface area (Å²) < 4.78 is 26.6. The Kier molecular flexibility index (Phi) is 3.89. The first kappa shape index (κ1) is 15.9. The number of carbonyl (C=O) groups is 2. The van der Waals surface area contributed by atoms with Crippen molar-refractivity contribution >= 4 is 27.6 Å². The van der Waals surface area contributed by atoms with Crippen molar-refractivity contribution in [2.75, 3.05) is 18.0 Å². The zero-order valence-electron chi connectivity index (χ0n) is 12.7. The van der Waals surface area contributed by atoms with Gasteiger partial charge in [0, 0.05) is 25.7 Å². The van der Waals surface area contributed by atoms with Crippen LogP contribution in [-0.4, -0.2) is 48.8 Å². The van der Waals surface area contributed by atoms with E-state index in [2.05, 4.69) is 0 Å². The monoisotopic (exact) mass is 338 g/mol. The van der Waals surface area contributed by atoms with Gasteiger partial charge in [0.1, 0.15) is 6.04 Å². The second kappa shape index (κ2) is 5.61. The van der Waals surface area contributed by atoms with E-state index in [1.54, 1.807) is 11.0 Å². The number of carboxylic acids is 1. The molecule has 8 heteroatoms. The number of carboxylic acid groups (broad SMARTS) is 1. The minimum absolute atomic E-state index is 0.0394. The fourth-order valence-corrected chi connectivity index (χ4v) is 4.93. The van der Waals surface area contributed by atoms with Crippen LogP contribution >= 0.6 is 0 Å². The van der Waals surface area contributed by atoms with Crippen LogP contribution in [-0.2, 0) is 26.0 Å². The van der Waals surface area contributed by atoms with Crippen LogP contribution in [0.15, 0.2) is 23.1 Å². The van der Waals surface area contributed by atoms with E-state index in [0.717, 1.165) is 9.87 Å². The summed E-state index contributed by atoms with van der Waals surface area (Å²) in [7, 11) is -3.89. The molecule has 0 radical (unpaired) electrons. The van der Waals surface area contributed by atoms with E-state index in [-0.39, 0.29) is 17.3 Å². The first-order valence-corrected chi connectivity index (χ1v) is 8.92. The van der Waals surface area contributed by atoms with Crippen LogP contribution in [0, 0.1) is 0 Å². The number of fused-ring (bicyclic) bond motifs is 1. The zero-order valence-corrected chi connectivity index (χ0v) is 13.5. The van der Waals surface area contributed by atoms with Crippen LogP contribution in [0.1, 0.15) is 25.3 Å². The average molecular weight is 338 g/mol. The Balaban J connectivity index is 2.00. The molecule has 0 bridgehead atoms. The maximum Gasteiger partial charge on any atom is 0.322 e. The fraction of sp³-hybridized carbons (Fsp3) is 0.467. The predicted octanol–water partition coefficient (Wildman–Crippen LogP) is 0.833. The SMILES string of the molecule is CC(=O)N1CCc2ccc(S(=O)(=O)N3CCCC3C(=O)O)cc21. The fourth-order valence-electron chi connectivity index (χ4n) is 3.26. The van der Waals surface area contributed by atoms with E-state index >= 15 is 0 Å². The molecule has 0 saturated carbocycles. The maximum absolute atomic E-state index is 12.8. The standard InChI is InChI=1S/C15H18N2O5S/c1-10(18)16-8-6-11-4-5-12(9-14(11)16)23(21,22)17-7-2-3-13(17)15(19)20/h4-5,9,13H,2-3,6-8H2,1H3,(H,19,20). The number of aliphatic carboxylic acids is 1. The van der Waals surface area contributed by atoms with Crippen LogP contribution in [0.25, 0.3) is 0 Å². The van der Waals surface area contributed by atoms with E-state index in [9.17, 15) is 23.1 Å². The number of sulfonamides is 1. The van der Waals surface area contributed by atoms with Gasteiger partial charge in [-0.25, -0.2) is 8.42 Å². The van der Waals surface area contributed by atoms with Crippen molar-refractivity contribution in [3.05, 3.63) is 23.8 Å². The van der Waals surface area contributed by atoms with Gasteiger partial charge in [-0.2, -0.15) is 4.31 Å². The lowest BCUT2D eigenvalue weighted by molar-refractivity contribution is -0.140. The normalized spacial score (nSPS) is 21.4. The molecule has 1 saturated heterocycles. The van der Waals surface area contributed by atoms with Crippen molar-refractivity contribution in [1.29, 1.82) is 0 Å².